The van der Waals surface area contributed by atoms with Crippen LogP contribution < -0.4 is 15.4 Å². The summed E-state index contributed by atoms with van der Waals surface area (Å²) in [7, 11) is 0. The number of hydrogen-bond donors (Lipinski definition) is 2. The smallest absolute Gasteiger partial charge is 0.337 e. The first kappa shape index (κ1) is 28.8. The highest BCUT2D eigenvalue weighted by Crippen LogP contribution is 2.45. The Hall–Kier alpha value is -4.19. The third-order valence-electron chi connectivity index (χ3n) is 6.02. The van der Waals surface area contributed by atoms with Crippen LogP contribution in [0.4, 0.5) is 5.69 Å². The van der Waals surface area contributed by atoms with E-state index in [4.69, 9.17) is 21.1 Å². The summed E-state index contributed by atoms with van der Waals surface area (Å²) in [4.78, 5) is 26.3. The molecule has 1 heterocycles. The zero-order chi connectivity index (χ0) is 28.5. The molecule has 0 aliphatic carbocycles. The Bertz CT molecular complexity index is 1480. The molecule has 0 bridgehead atoms. The lowest BCUT2D eigenvalue weighted by Gasteiger charge is -2.31. The number of thioether (sulfide) groups is 1. The molecule has 3 aromatic carbocycles. The minimum atomic E-state index is -0.800. The maximum atomic E-state index is 13.4. The SMILES string of the molecule is CCOC(=O)C1=C(c2ccccc2)NC(SCC(=O)Nc2ccc(OCC)cc2)=C(C#N)[C@H]1c1ccccc1Cl. The molecule has 1 aliphatic rings. The van der Waals surface area contributed by atoms with Crippen LogP contribution in [0.25, 0.3) is 5.70 Å². The van der Waals surface area contributed by atoms with E-state index in [2.05, 4.69) is 16.7 Å². The molecule has 0 aromatic heterocycles. The average Bonchev–Trinajstić information content (AvgIpc) is 2.97. The average molecular weight is 574 g/mol. The van der Waals surface area contributed by atoms with Crippen LogP contribution >= 0.6 is 23.4 Å². The van der Waals surface area contributed by atoms with Gasteiger partial charge in [-0.25, -0.2) is 4.79 Å². The van der Waals surface area contributed by atoms with Crippen LogP contribution in [0.15, 0.2) is 95.0 Å². The quantitative estimate of drug-likeness (QED) is 0.267. The molecule has 40 heavy (non-hydrogen) atoms. The fraction of sp³-hybridized carbons (Fsp3) is 0.194. The molecule has 0 saturated heterocycles. The van der Waals surface area contributed by atoms with Crippen molar-refractivity contribution < 1.29 is 19.1 Å². The van der Waals surface area contributed by atoms with Gasteiger partial charge in [0.2, 0.25) is 5.91 Å². The number of benzene rings is 3. The Labute approximate surface area is 242 Å². The number of rotatable bonds is 10. The highest BCUT2D eigenvalue weighted by Gasteiger charge is 2.38. The number of hydrogen-bond acceptors (Lipinski definition) is 7. The Morgan fingerprint density at radius 3 is 2.35 bits per heavy atom. The fourth-order valence-corrected chi connectivity index (χ4v) is 5.40. The largest absolute Gasteiger partial charge is 0.494 e. The van der Waals surface area contributed by atoms with Crippen LogP contribution in [0.2, 0.25) is 5.02 Å². The van der Waals surface area contributed by atoms with Crippen molar-refractivity contribution >= 4 is 46.6 Å². The number of halogens is 1. The molecule has 9 heteroatoms. The second kappa shape index (κ2) is 13.7. The van der Waals surface area contributed by atoms with Crippen molar-refractivity contribution in [2.75, 3.05) is 24.3 Å². The molecule has 7 nitrogen and oxygen atoms in total. The lowest BCUT2D eigenvalue weighted by molar-refractivity contribution is -0.138. The summed E-state index contributed by atoms with van der Waals surface area (Å²) < 4.78 is 10.9. The molecule has 0 radical (unpaired) electrons. The third kappa shape index (κ3) is 6.68. The van der Waals surface area contributed by atoms with Crippen LogP contribution in [0, 0.1) is 11.3 Å². The molecule has 3 aromatic rings. The molecule has 1 amide bonds. The first-order chi connectivity index (χ1) is 19.5. The van der Waals surface area contributed by atoms with E-state index in [1.807, 2.05) is 37.3 Å². The maximum Gasteiger partial charge on any atom is 0.337 e. The van der Waals surface area contributed by atoms with E-state index in [-0.39, 0.29) is 29.4 Å². The van der Waals surface area contributed by atoms with Crippen molar-refractivity contribution in [1.82, 2.24) is 5.32 Å². The van der Waals surface area contributed by atoms with Gasteiger partial charge in [-0.05, 0) is 55.3 Å². The summed E-state index contributed by atoms with van der Waals surface area (Å²) in [6, 6.07) is 25.8. The minimum Gasteiger partial charge on any atom is -0.494 e. The van der Waals surface area contributed by atoms with Crippen molar-refractivity contribution in [1.29, 1.82) is 5.26 Å². The van der Waals surface area contributed by atoms with Gasteiger partial charge >= 0.3 is 5.97 Å². The minimum absolute atomic E-state index is 0.0206. The Balaban J connectivity index is 1.71. The normalized spacial score (nSPS) is 14.7. The van der Waals surface area contributed by atoms with Gasteiger partial charge in [0.25, 0.3) is 0 Å². The summed E-state index contributed by atoms with van der Waals surface area (Å²) in [5.74, 6) is -0.869. The van der Waals surface area contributed by atoms with Crippen LogP contribution in [0.5, 0.6) is 5.75 Å². The zero-order valence-electron chi connectivity index (χ0n) is 22.1. The highest BCUT2D eigenvalue weighted by molar-refractivity contribution is 8.03. The van der Waals surface area contributed by atoms with Crippen molar-refractivity contribution in [3.63, 3.8) is 0 Å². The number of nitrogens with one attached hydrogen (secondary N) is 2. The molecule has 204 valence electrons. The van der Waals surface area contributed by atoms with Gasteiger partial charge in [-0.15, -0.1) is 0 Å². The Morgan fingerprint density at radius 2 is 1.70 bits per heavy atom. The molecule has 1 atom stereocenters. The van der Waals surface area contributed by atoms with E-state index in [0.29, 0.717) is 39.4 Å². The lowest BCUT2D eigenvalue weighted by atomic mass is 9.81. The summed E-state index contributed by atoms with van der Waals surface area (Å²) in [5.41, 5.74) is 3.00. The number of allylic oxidation sites excluding steroid dienone is 1. The summed E-state index contributed by atoms with van der Waals surface area (Å²) in [6.07, 6.45) is 0. The second-order valence-corrected chi connectivity index (χ2v) is 10.00. The summed E-state index contributed by atoms with van der Waals surface area (Å²) in [6.45, 7) is 4.35. The number of esters is 1. The van der Waals surface area contributed by atoms with E-state index < -0.39 is 11.9 Å². The number of amides is 1. The van der Waals surface area contributed by atoms with Crippen molar-refractivity contribution in [2.45, 2.75) is 19.8 Å². The molecule has 0 fully saturated rings. The van der Waals surface area contributed by atoms with Gasteiger partial charge in [0, 0.05) is 10.7 Å². The van der Waals surface area contributed by atoms with Gasteiger partial charge < -0.3 is 20.1 Å². The van der Waals surface area contributed by atoms with Crippen molar-refractivity contribution in [2.24, 2.45) is 0 Å². The lowest BCUT2D eigenvalue weighted by Crippen LogP contribution is -2.30. The monoisotopic (exact) mass is 573 g/mol. The van der Waals surface area contributed by atoms with Crippen LogP contribution in [0.3, 0.4) is 0 Å². The number of nitriles is 1. The second-order valence-electron chi connectivity index (χ2n) is 8.60. The maximum absolute atomic E-state index is 13.4. The standard InChI is InChI=1S/C31H28ClN3O4S/c1-3-38-22-16-14-21(15-17-22)34-26(36)19-40-30-24(18-33)27(23-12-8-9-13-25(23)32)28(31(37)39-4-2)29(35-30)20-10-6-5-7-11-20/h5-17,27,35H,3-4,19H2,1-2H3,(H,34,36)/t27-/m1/s1. The number of anilines is 1. The van der Waals surface area contributed by atoms with Crippen LogP contribution in [-0.4, -0.2) is 30.8 Å². The van der Waals surface area contributed by atoms with Gasteiger partial charge in [-0.3, -0.25) is 4.79 Å². The van der Waals surface area contributed by atoms with E-state index in [0.717, 1.165) is 5.56 Å². The molecule has 4 rings (SSSR count). The number of carbonyl (C=O) groups is 2. The molecular formula is C31H28ClN3O4S. The highest BCUT2D eigenvalue weighted by atomic mass is 35.5. The van der Waals surface area contributed by atoms with Gasteiger partial charge in [0.05, 0.1) is 52.8 Å². The van der Waals surface area contributed by atoms with Gasteiger partial charge in [0.1, 0.15) is 5.75 Å². The number of nitrogens with zero attached hydrogens (tertiary/aromatic N) is 1. The van der Waals surface area contributed by atoms with Crippen molar-refractivity contribution in [3.05, 3.63) is 111 Å². The van der Waals surface area contributed by atoms with E-state index in [1.54, 1.807) is 55.5 Å². The predicted octanol–water partition coefficient (Wildman–Crippen LogP) is 6.51. The molecular weight excluding hydrogens is 546 g/mol. The molecule has 0 saturated carbocycles. The van der Waals surface area contributed by atoms with Gasteiger partial charge in [0.15, 0.2) is 0 Å². The van der Waals surface area contributed by atoms with Gasteiger partial charge in [-0.1, -0.05) is 71.9 Å². The predicted molar refractivity (Wildman–Crippen MR) is 159 cm³/mol. The van der Waals surface area contributed by atoms with Crippen molar-refractivity contribution in [3.8, 4) is 11.8 Å². The van der Waals surface area contributed by atoms with E-state index in [9.17, 15) is 14.9 Å². The van der Waals surface area contributed by atoms with Gasteiger partial charge in [-0.2, -0.15) is 5.26 Å². The number of ether oxygens (including phenoxy) is 2. The molecule has 2 N–H and O–H groups in total. The molecule has 1 aliphatic heterocycles. The van der Waals surface area contributed by atoms with E-state index >= 15 is 0 Å². The Morgan fingerprint density at radius 1 is 1.00 bits per heavy atom. The fourth-order valence-electron chi connectivity index (χ4n) is 4.31. The van der Waals surface area contributed by atoms with Crippen LogP contribution in [0.1, 0.15) is 30.9 Å². The molecule has 0 spiro atoms. The summed E-state index contributed by atoms with van der Waals surface area (Å²) >= 11 is 7.79. The Kier molecular flexibility index (Phi) is 9.90. The number of dihydropyridines is 1. The van der Waals surface area contributed by atoms with E-state index in [1.165, 1.54) is 11.8 Å². The topological polar surface area (TPSA) is 100 Å². The molecule has 0 unspecified atom stereocenters. The number of carbonyl (C=O) groups excluding carboxylic acids is 2. The van der Waals surface area contributed by atoms with Crippen LogP contribution in [-0.2, 0) is 14.3 Å². The first-order valence-corrected chi connectivity index (χ1v) is 14.1. The third-order valence-corrected chi connectivity index (χ3v) is 7.38. The first-order valence-electron chi connectivity index (χ1n) is 12.7. The zero-order valence-corrected chi connectivity index (χ0v) is 23.6. The summed E-state index contributed by atoms with van der Waals surface area (Å²) in [5, 5.41) is 17.4.